The van der Waals surface area contributed by atoms with Crippen molar-refractivity contribution in [2.24, 2.45) is 0 Å². The van der Waals surface area contributed by atoms with Crippen molar-refractivity contribution >= 4 is 26.6 Å². The number of benzene rings is 1. The van der Waals surface area contributed by atoms with Crippen LogP contribution in [0.1, 0.15) is 15.9 Å². The molecule has 1 aromatic carbocycles. The van der Waals surface area contributed by atoms with Crippen LogP contribution in [-0.4, -0.2) is 40.3 Å². The summed E-state index contributed by atoms with van der Waals surface area (Å²) in [6, 6.07) is 7.28. The second-order valence-corrected chi connectivity index (χ2v) is 8.65. The summed E-state index contributed by atoms with van der Waals surface area (Å²) in [5.41, 5.74) is 2.09. The van der Waals surface area contributed by atoms with Gasteiger partial charge < -0.3 is 5.32 Å². The zero-order valence-corrected chi connectivity index (χ0v) is 16.6. The Morgan fingerprint density at radius 1 is 1.07 bits per heavy atom. The number of nitrogens with one attached hydrogen (secondary N) is 1. The van der Waals surface area contributed by atoms with Crippen LogP contribution in [0.4, 0.5) is 4.39 Å². The fourth-order valence-corrected chi connectivity index (χ4v) is 3.57. The molecule has 3 heterocycles. The van der Waals surface area contributed by atoms with E-state index in [0.717, 1.165) is 6.26 Å². The number of aromatic nitrogens is 4. The minimum absolute atomic E-state index is 0.0820. The lowest BCUT2D eigenvalue weighted by molar-refractivity contribution is 0.0952. The summed E-state index contributed by atoms with van der Waals surface area (Å²) in [6.45, 7) is 0.0949. The van der Waals surface area contributed by atoms with Gasteiger partial charge in [-0.1, -0.05) is 0 Å². The van der Waals surface area contributed by atoms with Crippen LogP contribution in [0.25, 0.3) is 16.6 Å². The van der Waals surface area contributed by atoms with Crippen molar-refractivity contribution in [2.45, 2.75) is 11.4 Å². The molecule has 0 saturated carbocycles. The molecule has 0 atom stereocenters. The Balaban J connectivity index is 1.59. The van der Waals surface area contributed by atoms with Gasteiger partial charge in [0.15, 0.2) is 9.84 Å². The van der Waals surface area contributed by atoms with E-state index in [1.807, 2.05) is 0 Å². The molecule has 0 unspecified atom stereocenters. The quantitative estimate of drug-likeness (QED) is 0.526. The number of pyridine rings is 2. The molecule has 0 aliphatic carbocycles. The number of carbonyl (C=O) groups excluding carboxylic acids is 1. The molecule has 3 aromatic heterocycles. The van der Waals surface area contributed by atoms with Gasteiger partial charge in [-0.2, -0.15) is 5.10 Å². The van der Waals surface area contributed by atoms with Crippen molar-refractivity contribution in [1.29, 1.82) is 0 Å². The third kappa shape index (κ3) is 3.90. The summed E-state index contributed by atoms with van der Waals surface area (Å²) in [5, 5.41) is 7.61. The van der Waals surface area contributed by atoms with Gasteiger partial charge in [0.05, 0.1) is 34.1 Å². The van der Waals surface area contributed by atoms with Crippen LogP contribution in [0.2, 0.25) is 0 Å². The first-order valence-electron chi connectivity index (χ1n) is 8.83. The van der Waals surface area contributed by atoms with Gasteiger partial charge in [0.25, 0.3) is 5.91 Å². The van der Waals surface area contributed by atoms with Crippen LogP contribution in [0.5, 0.6) is 0 Å². The topological polar surface area (TPSA) is 107 Å². The number of amides is 1. The standard InChI is InChI=1S/C20H16FN5O3S/c1-30(28,29)16-6-13(7-22-9-16)8-24-20(27)18-10-23-12-19-17(18)11-25-26(19)15-4-2-14(21)3-5-15/h2-7,9-12H,8H2,1H3,(H,24,27). The van der Waals surface area contributed by atoms with Gasteiger partial charge in [-0.05, 0) is 35.9 Å². The second kappa shape index (κ2) is 7.64. The molecule has 0 aliphatic rings. The molecule has 0 radical (unpaired) electrons. The second-order valence-electron chi connectivity index (χ2n) is 6.64. The van der Waals surface area contributed by atoms with E-state index in [1.54, 1.807) is 29.2 Å². The number of rotatable bonds is 5. The monoisotopic (exact) mass is 425 g/mol. The van der Waals surface area contributed by atoms with E-state index in [-0.39, 0.29) is 17.3 Å². The normalized spacial score (nSPS) is 11.5. The Bertz CT molecular complexity index is 1350. The van der Waals surface area contributed by atoms with E-state index in [2.05, 4.69) is 20.4 Å². The van der Waals surface area contributed by atoms with Crippen molar-refractivity contribution < 1.29 is 17.6 Å². The van der Waals surface area contributed by atoms with E-state index in [0.29, 0.717) is 27.7 Å². The Morgan fingerprint density at radius 2 is 1.80 bits per heavy atom. The summed E-state index contributed by atoms with van der Waals surface area (Å²) in [7, 11) is -3.39. The van der Waals surface area contributed by atoms with Crippen LogP contribution in [-0.2, 0) is 16.4 Å². The Morgan fingerprint density at radius 3 is 2.53 bits per heavy atom. The van der Waals surface area contributed by atoms with E-state index in [4.69, 9.17) is 0 Å². The molecule has 10 heteroatoms. The molecule has 0 bridgehead atoms. The number of hydrogen-bond donors (Lipinski definition) is 1. The van der Waals surface area contributed by atoms with Crippen LogP contribution in [0.3, 0.4) is 0 Å². The molecule has 4 aromatic rings. The van der Waals surface area contributed by atoms with Crippen LogP contribution in [0, 0.1) is 5.82 Å². The summed E-state index contributed by atoms with van der Waals surface area (Å²) in [6.07, 6.45) is 8.38. The predicted molar refractivity (Wildman–Crippen MR) is 107 cm³/mol. The number of halogens is 1. The van der Waals surface area contributed by atoms with Gasteiger partial charge in [-0.15, -0.1) is 0 Å². The van der Waals surface area contributed by atoms with Gasteiger partial charge in [0.1, 0.15) is 5.82 Å². The summed E-state index contributed by atoms with van der Waals surface area (Å²) in [5.74, 6) is -0.751. The summed E-state index contributed by atoms with van der Waals surface area (Å²) < 4.78 is 38.1. The number of carbonyl (C=O) groups is 1. The van der Waals surface area contributed by atoms with E-state index in [1.165, 1.54) is 36.8 Å². The third-order valence-electron chi connectivity index (χ3n) is 4.46. The Hall–Kier alpha value is -3.66. The van der Waals surface area contributed by atoms with Crippen molar-refractivity contribution in [3.63, 3.8) is 0 Å². The van der Waals surface area contributed by atoms with Gasteiger partial charge in [0, 0.05) is 36.8 Å². The fraction of sp³-hybridized carbons (Fsp3) is 0.100. The zero-order valence-electron chi connectivity index (χ0n) is 15.8. The first kappa shape index (κ1) is 19.6. The molecular weight excluding hydrogens is 409 g/mol. The van der Waals surface area contributed by atoms with Crippen molar-refractivity contribution in [3.05, 3.63) is 78.3 Å². The van der Waals surface area contributed by atoms with E-state index < -0.39 is 15.7 Å². The smallest absolute Gasteiger partial charge is 0.253 e. The number of hydrogen-bond acceptors (Lipinski definition) is 6. The largest absolute Gasteiger partial charge is 0.348 e. The molecule has 0 saturated heterocycles. The number of sulfone groups is 1. The van der Waals surface area contributed by atoms with Crippen LogP contribution >= 0.6 is 0 Å². The van der Waals surface area contributed by atoms with Crippen molar-refractivity contribution in [1.82, 2.24) is 25.1 Å². The molecule has 152 valence electrons. The molecular formula is C20H16FN5O3S. The molecule has 8 nitrogen and oxygen atoms in total. The lowest BCUT2D eigenvalue weighted by atomic mass is 10.1. The third-order valence-corrected chi connectivity index (χ3v) is 5.54. The molecule has 1 amide bonds. The van der Waals surface area contributed by atoms with Crippen molar-refractivity contribution in [2.75, 3.05) is 6.26 Å². The Kier molecular flexibility index (Phi) is 5.00. The first-order valence-corrected chi connectivity index (χ1v) is 10.7. The highest BCUT2D eigenvalue weighted by atomic mass is 32.2. The van der Waals surface area contributed by atoms with Gasteiger partial charge in [-0.25, -0.2) is 17.5 Å². The van der Waals surface area contributed by atoms with Gasteiger partial charge in [0.2, 0.25) is 0 Å². The highest BCUT2D eigenvalue weighted by Crippen LogP contribution is 2.21. The fourth-order valence-electron chi connectivity index (χ4n) is 2.95. The molecule has 0 aliphatic heterocycles. The summed E-state index contributed by atoms with van der Waals surface area (Å²) in [4.78, 5) is 20.8. The molecule has 4 rings (SSSR count). The average Bonchev–Trinajstić information content (AvgIpc) is 3.16. The van der Waals surface area contributed by atoms with Gasteiger partial charge in [-0.3, -0.25) is 14.8 Å². The lowest BCUT2D eigenvalue weighted by Gasteiger charge is -2.08. The number of fused-ring (bicyclic) bond motifs is 1. The molecule has 0 spiro atoms. The maximum atomic E-state index is 13.2. The van der Waals surface area contributed by atoms with Crippen LogP contribution in [0.15, 0.2) is 66.2 Å². The minimum atomic E-state index is -3.39. The molecule has 1 N–H and O–H groups in total. The maximum absolute atomic E-state index is 13.2. The molecule has 30 heavy (non-hydrogen) atoms. The minimum Gasteiger partial charge on any atom is -0.348 e. The zero-order chi connectivity index (χ0) is 21.3. The SMILES string of the molecule is CS(=O)(=O)c1cncc(CNC(=O)c2cncc3c2cnn3-c2ccc(F)cc2)c1. The summed E-state index contributed by atoms with van der Waals surface area (Å²) >= 11 is 0. The highest BCUT2D eigenvalue weighted by Gasteiger charge is 2.15. The van der Waals surface area contributed by atoms with E-state index >= 15 is 0 Å². The van der Waals surface area contributed by atoms with Gasteiger partial charge >= 0.3 is 0 Å². The first-order chi connectivity index (χ1) is 14.3. The predicted octanol–water partition coefficient (Wildman–Crippen LogP) is 2.29. The Labute approximate surface area is 171 Å². The average molecular weight is 425 g/mol. The maximum Gasteiger partial charge on any atom is 0.253 e. The van der Waals surface area contributed by atoms with Crippen molar-refractivity contribution in [3.8, 4) is 5.69 Å². The number of nitrogens with zero attached hydrogens (tertiary/aromatic N) is 4. The van der Waals surface area contributed by atoms with E-state index in [9.17, 15) is 17.6 Å². The lowest BCUT2D eigenvalue weighted by Crippen LogP contribution is -2.23. The molecule has 0 fully saturated rings. The van der Waals surface area contributed by atoms with Crippen LogP contribution < -0.4 is 5.32 Å². The highest BCUT2D eigenvalue weighted by molar-refractivity contribution is 7.90.